The minimum atomic E-state index is -1.22. The Morgan fingerprint density at radius 2 is 1.89 bits per heavy atom. The lowest BCUT2D eigenvalue weighted by atomic mass is 9.92. The van der Waals surface area contributed by atoms with Gasteiger partial charge in [-0.15, -0.1) is 0 Å². The minimum Gasteiger partial charge on any atom is -0.318 e. The predicted octanol–water partition coefficient (Wildman–Crippen LogP) is 2.27. The highest BCUT2D eigenvalue weighted by Crippen LogP contribution is 2.27. The van der Waals surface area contributed by atoms with Crippen LogP contribution >= 0.6 is 11.6 Å². The van der Waals surface area contributed by atoms with Gasteiger partial charge in [0.15, 0.2) is 0 Å². The van der Waals surface area contributed by atoms with Crippen molar-refractivity contribution in [3.8, 4) is 0 Å². The summed E-state index contributed by atoms with van der Waals surface area (Å²) >= 11 is 5.97. The van der Waals surface area contributed by atoms with Crippen LogP contribution in [0, 0.1) is 0 Å². The molecule has 2 aromatic rings. The van der Waals surface area contributed by atoms with Gasteiger partial charge in [0.25, 0.3) is 11.8 Å². The first kappa shape index (κ1) is 19.9. The van der Waals surface area contributed by atoms with E-state index in [4.69, 9.17) is 11.6 Å². The first-order chi connectivity index (χ1) is 13.3. The molecule has 1 atom stereocenters. The molecule has 0 radical (unpaired) electrons. The normalized spacial score (nSPS) is 19.1. The summed E-state index contributed by atoms with van der Waals surface area (Å²) in [5.74, 6) is -1.00. The Morgan fingerprint density at radius 1 is 1.18 bits per heavy atom. The van der Waals surface area contributed by atoms with Crippen molar-refractivity contribution in [3.63, 3.8) is 0 Å². The molecule has 146 valence electrons. The van der Waals surface area contributed by atoms with E-state index in [1.165, 1.54) is 0 Å². The summed E-state index contributed by atoms with van der Waals surface area (Å²) in [7, 11) is 1.76. The van der Waals surface area contributed by atoms with Gasteiger partial charge in [-0.1, -0.05) is 54.1 Å². The molecule has 1 fully saturated rings. The number of hydrogen-bond acceptors (Lipinski definition) is 4. The molecule has 7 nitrogen and oxygen atoms in total. The Hall–Kier alpha value is -2.90. The maximum Gasteiger partial charge on any atom is 0.344 e. The summed E-state index contributed by atoms with van der Waals surface area (Å²) < 4.78 is 0. The molecule has 28 heavy (non-hydrogen) atoms. The van der Waals surface area contributed by atoms with Gasteiger partial charge in [-0.05, 0) is 37.2 Å². The van der Waals surface area contributed by atoms with E-state index >= 15 is 0 Å². The molecule has 4 amide bonds. The van der Waals surface area contributed by atoms with Crippen LogP contribution < -0.4 is 10.7 Å². The van der Waals surface area contributed by atoms with E-state index in [0.717, 1.165) is 10.6 Å². The van der Waals surface area contributed by atoms with Crippen molar-refractivity contribution in [2.45, 2.75) is 19.0 Å². The van der Waals surface area contributed by atoms with E-state index in [9.17, 15) is 14.4 Å². The number of benzene rings is 2. The maximum atomic E-state index is 12.8. The van der Waals surface area contributed by atoms with E-state index in [-0.39, 0.29) is 6.54 Å². The highest BCUT2D eigenvalue weighted by atomic mass is 35.5. The molecule has 0 spiro atoms. The fraction of sp³-hybridized carbons (Fsp3) is 0.250. The first-order valence-corrected chi connectivity index (χ1v) is 9.12. The van der Waals surface area contributed by atoms with Gasteiger partial charge in [0, 0.05) is 11.6 Å². The summed E-state index contributed by atoms with van der Waals surface area (Å²) in [4.78, 5) is 39.2. The topological polar surface area (TPSA) is 81.8 Å². The molecule has 1 saturated heterocycles. The van der Waals surface area contributed by atoms with Gasteiger partial charge in [-0.25, -0.2) is 4.79 Å². The lowest BCUT2D eigenvalue weighted by molar-refractivity contribution is -0.139. The number of rotatable bonds is 6. The largest absolute Gasteiger partial charge is 0.344 e. The Balaban J connectivity index is 1.62. The molecule has 0 bridgehead atoms. The molecule has 1 aliphatic heterocycles. The number of hydrazine groups is 1. The number of nitrogens with zero attached hydrogens (tertiary/aromatic N) is 2. The molecule has 2 aromatic carbocycles. The van der Waals surface area contributed by atoms with Gasteiger partial charge in [0.1, 0.15) is 5.54 Å². The molecule has 0 saturated carbocycles. The van der Waals surface area contributed by atoms with E-state index in [2.05, 4.69) is 10.7 Å². The van der Waals surface area contributed by atoms with Crippen LogP contribution in [0.1, 0.15) is 18.1 Å². The highest BCUT2D eigenvalue weighted by Gasteiger charge is 2.49. The molecule has 3 rings (SSSR count). The van der Waals surface area contributed by atoms with Crippen LogP contribution in [0.25, 0.3) is 0 Å². The van der Waals surface area contributed by atoms with E-state index < -0.39 is 23.4 Å². The monoisotopic (exact) mass is 400 g/mol. The molecule has 1 aliphatic rings. The summed E-state index contributed by atoms with van der Waals surface area (Å²) in [6, 6.07) is 15.6. The average molecular weight is 401 g/mol. The quantitative estimate of drug-likeness (QED) is 0.729. The number of carbonyl (C=O) groups is 3. The molecule has 1 heterocycles. The molecule has 0 aromatic heterocycles. The van der Waals surface area contributed by atoms with Crippen LogP contribution in [0.4, 0.5) is 4.79 Å². The fourth-order valence-corrected chi connectivity index (χ4v) is 3.33. The third-order valence-electron chi connectivity index (χ3n) is 4.53. The number of halogens is 1. The molecule has 2 N–H and O–H groups in total. The number of hydrogen-bond donors (Lipinski definition) is 2. The predicted molar refractivity (Wildman–Crippen MR) is 105 cm³/mol. The van der Waals surface area contributed by atoms with Crippen LogP contribution in [0.3, 0.4) is 0 Å². The highest BCUT2D eigenvalue weighted by molar-refractivity contribution is 6.30. The van der Waals surface area contributed by atoms with Crippen molar-refractivity contribution < 1.29 is 14.4 Å². The Labute approximate surface area is 168 Å². The lowest BCUT2D eigenvalue weighted by Crippen LogP contribution is -2.50. The van der Waals surface area contributed by atoms with E-state index in [0.29, 0.717) is 17.1 Å². The van der Waals surface area contributed by atoms with Crippen LogP contribution in [-0.2, 0) is 21.7 Å². The number of imide groups is 1. The second-order valence-corrected chi connectivity index (χ2v) is 7.34. The second-order valence-electron chi connectivity index (χ2n) is 6.90. The third kappa shape index (κ3) is 4.16. The van der Waals surface area contributed by atoms with Gasteiger partial charge in [-0.2, -0.15) is 5.01 Å². The lowest BCUT2D eigenvalue weighted by Gasteiger charge is -2.22. The van der Waals surface area contributed by atoms with Gasteiger partial charge >= 0.3 is 6.03 Å². The van der Waals surface area contributed by atoms with Crippen molar-refractivity contribution in [1.29, 1.82) is 0 Å². The number of urea groups is 1. The zero-order chi connectivity index (χ0) is 20.3. The van der Waals surface area contributed by atoms with E-state index in [1.807, 2.05) is 24.3 Å². The molecular formula is C20H21ClN4O3. The second kappa shape index (κ2) is 8.00. The first-order valence-electron chi connectivity index (χ1n) is 8.74. The van der Waals surface area contributed by atoms with Gasteiger partial charge in [0.2, 0.25) is 0 Å². The van der Waals surface area contributed by atoms with E-state index in [1.54, 1.807) is 49.2 Å². The zero-order valence-electron chi connectivity index (χ0n) is 15.6. The Kier molecular flexibility index (Phi) is 5.67. The number of likely N-dealkylation sites (N-methyl/N-ethyl adjacent to an activating group) is 1. The summed E-state index contributed by atoms with van der Waals surface area (Å²) in [6.45, 7) is 2.11. The van der Waals surface area contributed by atoms with Crippen molar-refractivity contribution in [3.05, 3.63) is 70.7 Å². The SMILES string of the molecule is CN(CC(=O)NN1C(=O)N[C@](C)(c2ccccc2)C1=O)Cc1cccc(Cl)c1. The summed E-state index contributed by atoms with van der Waals surface area (Å²) in [5, 5.41) is 4.00. The Morgan fingerprint density at radius 3 is 2.57 bits per heavy atom. The maximum absolute atomic E-state index is 12.8. The van der Waals surface area contributed by atoms with Gasteiger partial charge < -0.3 is 5.32 Å². The summed E-state index contributed by atoms with van der Waals surface area (Å²) in [5.41, 5.74) is 2.77. The zero-order valence-corrected chi connectivity index (χ0v) is 16.4. The molecule has 0 unspecified atom stereocenters. The van der Waals surface area contributed by atoms with Crippen LogP contribution in [0.2, 0.25) is 5.02 Å². The van der Waals surface area contributed by atoms with Crippen LogP contribution in [-0.4, -0.2) is 41.3 Å². The molecule has 8 heteroatoms. The molecular weight excluding hydrogens is 380 g/mol. The average Bonchev–Trinajstić information content (AvgIpc) is 2.86. The fourth-order valence-electron chi connectivity index (χ4n) is 3.12. The van der Waals surface area contributed by atoms with Crippen LogP contribution in [0.15, 0.2) is 54.6 Å². The minimum absolute atomic E-state index is 0.00558. The van der Waals surface area contributed by atoms with Crippen LogP contribution in [0.5, 0.6) is 0 Å². The van der Waals surface area contributed by atoms with Crippen molar-refractivity contribution in [1.82, 2.24) is 20.7 Å². The van der Waals surface area contributed by atoms with Crippen molar-refractivity contribution in [2.75, 3.05) is 13.6 Å². The molecule has 0 aliphatic carbocycles. The van der Waals surface area contributed by atoms with Crippen molar-refractivity contribution >= 4 is 29.4 Å². The smallest absolute Gasteiger partial charge is 0.318 e. The number of nitrogens with one attached hydrogen (secondary N) is 2. The Bertz CT molecular complexity index is 905. The third-order valence-corrected chi connectivity index (χ3v) is 4.77. The standard InChI is InChI=1S/C20H21ClN4O3/c1-20(15-8-4-3-5-9-15)18(27)25(19(28)22-20)23-17(26)13-24(2)12-14-7-6-10-16(21)11-14/h3-11H,12-13H2,1-2H3,(H,22,28)(H,23,26)/t20-/m1/s1. The number of carbonyl (C=O) groups excluding carboxylic acids is 3. The van der Waals surface area contributed by atoms with Gasteiger partial charge in [-0.3, -0.25) is 19.9 Å². The summed E-state index contributed by atoms with van der Waals surface area (Å²) in [6.07, 6.45) is 0. The van der Waals surface area contributed by atoms with Crippen molar-refractivity contribution in [2.24, 2.45) is 0 Å². The number of amides is 4. The van der Waals surface area contributed by atoms with Gasteiger partial charge in [0.05, 0.1) is 6.54 Å².